The average Bonchev–Trinajstić information content (AvgIpc) is 3.46. The lowest BCUT2D eigenvalue weighted by molar-refractivity contribution is 0.475. The molecule has 0 spiro atoms. The standard InChI is InChI=1S/C25H28N6O/c1-16(2)30-25(32)22-7-8-23(27-19-4-3-18-14-26-11-9-17(18)13-19)28-24(22)31(30)21-10-12-29(15-21)20-5-6-20/h3-4,7-8,10,12-13,15-16,20,26H,5-6,9,11,14H2,1-2H3,(H,27,28). The summed E-state index contributed by atoms with van der Waals surface area (Å²) in [5.41, 5.74) is 5.41. The van der Waals surface area contributed by atoms with Gasteiger partial charge in [0.25, 0.3) is 5.56 Å². The predicted molar refractivity (Wildman–Crippen MR) is 127 cm³/mol. The SMILES string of the molecule is CC(C)n1c(=O)c2ccc(Nc3ccc4c(c3)CCNC4)nc2n1-c1ccn(C2CC2)c1. The lowest BCUT2D eigenvalue weighted by atomic mass is 10.0. The third kappa shape index (κ3) is 3.24. The summed E-state index contributed by atoms with van der Waals surface area (Å²) < 4.78 is 6.03. The van der Waals surface area contributed by atoms with Crippen LogP contribution >= 0.6 is 0 Å². The highest BCUT2D eigenvalue weighted by Gasteiger charge is 2.25. The van der Waals surface area contributed by atoms with Crippen molar-refractivity contribution in [1.82, 2.24) is 24.2 Å². The third-order valence-electron chi connectivity index (χ3n) is 6.50. The molecule has 2 N–H and O–H groups in total. The van der Waals surface area contributed by atoms with E-state index < -0.39 is 0 Å². The van der Waals surface area contributed by atoms with E-state index in [9.17, 15) is 4.79 Å². The summed E-state index contributed by atoms with van der Waals surface area (Å²) in [5, 5.41) is 7.51. The quantitative estimate of drug-likeness (QED) is 0.497. The minimum Gasteiger partial charge on any atom is -0.349 e. The molecular formula is C25H28N6O. The number of nitrogens with zero attached hydrogens (tertiary/aromatic N) is 4. The Labute approximate surface area is 186 Å². The van der Waals surface area contributed by atoms with Crippen LogP contribution in [0.3, 0.4) is 0 Å². The lowest BCUT2D eigenvalue weighted by Crippen LogP contribution is -2.24. The normalized spacial score (nSPS) is 16.0. The summed E-state index contributed by atoms with van der Waals surface area (Å²) in [6.07, 6.45) is 7.72. The molecule has 6 rings (SSSR count). The number of nitrogens with one attached hydrogen (secondary N) is 2. The van der Waals surface area contributed by atoms with Crippen LogP contribution in [0.15, 0.2) is 53.6 Å². The topological polar surface area (TPSA) is 68.8 Å². The molecule has 1 aliphatic heterocycles. The molecule has 1 fully saturated rings. The van der Waals surface area contributed by atoms with E-state index in [1.54, 1.807) is 4.68 Å². The fourth-order valence-corrected chi connectivity index (χ4v) is 4.70. The Balaban J connectivity index is 1.44. The van der Waals surface area contributed by atoms with Gasteiger partial charge in [0.15, 0.2) is 5.65 Å². The van der Waals surface area contributed by atoms with E-state index in [1.807, 2.05) is 30.7 Å². The number of fused-ring (bicyclic) bond motifs is 2. The molecule has 4 heterocycles. The number of anilines is 2. The zero-order valence-corrected chi connectivity index (χ0v) is 18.5. The minimum absolute atomic E-state index is 0.00509. The third-order valence-corrected chi connectivity index (χ3v) is 6.50. The average molecular weight is 429 g/mol. The van der Waals surface area contributed by atoms with Gasteiger partial charge in [-0.25, -0.2) is 14.3 Å². The zero-order chi connectivity index (χ0) is 21.8. The molecule has 0 radical (unpaired) electrons. The van der Waals surface area contributed by atoms with Crippen LogP contribution in [0.4, 0.5) is 11.5 Å². The van der Waals surface area contributed by atoms with Crippen molar-refractivity contribution in [2.45, 2.75) is 51.7 Å². The van der Waals surface area contributed by atoms with E-state index in [4.69, 9.17) is 4.98 Å². The molecule has 7 nitrogen and oxygen atoms in total. The van der Waals surface area contributed by atoms with Crippen molar-refractivity contribution < 1.29 is 0 Å². The second kappa shape index (κ2) is 7.38. The molecule has 0 bridgehead atoms. The number of hydrogen-bond acceptors (Lipinski definition) is 4. The second-order valence-electron chi connectivity index (χ2n) is 9.21. The van der Waals surface area contributed by atoms with E-state index in [0.717, 1.165) is 36.7 Å². The molecule has 1 aliphatic carbocycles. The van der Waals surface area contributed by atoms with Crippen LogP contribution in [0.5, 0.6) is 0 Å². The Morgan fingerprint density at radius 1 is 1.12 bits per heavy atom. The molecule has 1 saturated carbocycles. The van der Waals surface area contributed by atoms with Gasteiger partial charge >= 0.3 is 0 Å². The van der Waals surface area contributed by atoms with Crippen molar-refractivity contribution in [2.75, 3.05) is 11.9 Å². The fourth-order valence-electron chi connectivity index (χ4n) is 4.70. The molecule has 7 heteroatoms. The van der Waals surface area contributed by atoms with Gasteiger partial charge in [0.05, 0.1) is 11.1 Å². The van der Waals surface area contributed by atoms with Gasteiger partial charge in [0, 0.05) is 36.7 Å². The predicted octanol–water partition coefficient (Wildman–Crippen LogP) is 4.29. The second-order valence-corrected chi connectivity index (χ2v) is 9.21. The van der Waals surface area contributed by atoms with Gasteiger partial charge in [-0.1, -0.05) is 6.07 Å². The van der Waals surface area contributed by atoms with Gasteiger partial charge in [-0.2, -0.15) is 0 Å². The van der Waals surface area contributed by atoms with Crippen molar-refractivity contribution in [3.8, 4) is 5.69 Å². The molecule has 32 heavy (non-hydrogen) atoms. The zero-order valence-electron chi connectivity index (χ0n) is 18.5. The van der Waals surface area contributed by atoms with Crippen LogP contribution in [0.2, 0.25) is 0 Å². The molecule has 2 aliphatic rings. The van der Waals surface area contributed by atoms with Gasteiger partial charge in [-0.15, -0.1) is 0 Å². The first-order valence-electron chi connectivity index (χ1n) is 11.5. The summed E-state index contributed by atoms with van der Waals surface area (Å²) in [5.74, 6) is 0.739. The first-order valence-corrected chi connectivity index (χ1v) is 11.5. The molecule has 4 aromatic rings. The van der Waals surface area contributed by atoms with Crippen molar-refractivity contribution in [3.05, 3.63) is 70.3 Å². The van der Waals surface area contributed by atoms with Gasteiger partial charge in [-0.05, 0) is 81.1 Å². The van der Waals surface area contributed by atoms with Crippen LogP contribution in [0, 0.1) is 0 Å². The number of aromatic nitrogens is 4. The summed E-state index contributed by atoms with van der Waals surface area (Å²) in [7, 11) is 0. The van der Waals surface area contributed by atoms with Crippen LogP contribution < -0.4 is 16.2 Å². The van der Waals surface area contributed by atoms with Crippen molar-refractivity contribution in [1.29, 1.82) is 0 Å². The highest BCUT2D eigenvalue weighted by Crippen LogP contribution is 2.35. The smallest absolute Gasteiger partial charge is 0.276 e. The van der Waals surface area contributed by atoms with Gasteiger partial charge in [0.2, 0.25) is 0 Å². The number of rotatable bonds is 5. The van der Waals surface area contributed by atoms with Crippen LogP contribution in [-0.2, 0) is 13.0 Å². The Bertz CT molecular complexity index is 1370. The van der Waals surface area contributed by atoms with Crippen LogP contribution in [0.25, 0.3) is 16.7 Å². The molecule has 0 amide bonds. The van der Waals surface area contributed by atoms with Gasteiger partial charge < -0.3 is 15.2 Å². The van der Waals surface area contributed by atoms with Crippen LogP contribution in [0.1, 0.15) is 49.9 Å². The Morgan fingerprint density at radius 2 is 2.00 bits per heavy atom. The van der Waals surface area contributed by atoms with E-state index in [0.29, 0.717) is 17.1 Å². The molecule has 0 saturated heterocycles. The highest BCUT2D eigenvalue weighted by atomic mass is 16.1. The van der Waals surface area contributed by atoms with Crippen molar-refractivity contribution in [2.24, 2.45) is 0 Å². The maximum Gasteiger partial charge on any atom is 0.276 e. The molecule has 1 aromatic carbocycles. The maximum absolute atomic E-state index is 13.2. The first kappa shape index (κ1) is 19.4. The van der Waals surface area contributed by atoms with Crippen molar-refractivity contribution >= 4 is 22.5 Å². The first-order chi connectivity index (χ1) is 15.6. The highest BCUT2D eigenvalue weighted by molar-refractivity contribution is 5.79. The Morgan fingerprint density at radius 3 is 2.81 bits per heavy atom. The van der Waals surface area contributed by atoms with E-state index in [2.05, 4.69) is 51.9 Å². The maximum atomic E-state index is 13.2. The molecule has 164 valence electrons. The molecule has 0 atom stereocenters. The number of pyridine rings is 1. The van der Waals surface area contributed by atoms with E-state index in [1.165, 1.54) is 24.0 Å². The Hall–Kier alpha value is -3.32. The molecular weight excluding hydrogens is 400 g/mol. The van der Waals surface area contributed by atoms with Gasteiger partial charge in [-0.3, -0.25) is 4.79 Å². The van der Waals surface area contributed by atoms with Crippen LogP contribution in [-0.4, -0.2) is 25.5 Å². The summed E-state index contributed by atoms with van der Waals surface area (Å²) in [6.45, 7) is 6.01. The Kier molecular flexibility index (Phi) is 4.47. The van der Waals surface area contributed by atoms with E-state index >= 15 is 0 Å². The molecule has 0 unspecified atom stereocenters. The minimum atomic E-state index is -0.00509. The number of hydrogen-bond donors (Lipinski definition) is 2. The molecule has 3 aromatic heterocycles. The van der Waals surface area contributed by atoms with Gasteiger partial charge in [0.1, 0.15) is 5.82 Å². The fraction of sp³-hybridized carbons (Fsp3) is 0.360. The summed E-state index contributed by atoms with van der Waals surface area (Å²) in [6, 6.07) is 13.0. The summed E-state index contributed by atoms with van der Waals surface area (Å²) >= 11 is 0. The lowest BCUT2D eigenvalue weighted by Gasteiger charge is -2.18. The van der Waals surface area contributed by atoms with E-state index in [-0.39, 0.29) is 11.6 Å². The summed E-state index contributed by atoms with van der Waals surface area (Å²) in [4.78, 5) is 18.1. The van der Waals surface area contributed by atoms with Crippen molar-refractivity contribution in [3.63, 3.8) is 0 Å². The number of benzene rings is 1. The largest absolute Gasteiger partial charge is 0.349 e. The monoisotopic (exact) mass is 428 g/mol.